The van der Waals surface area contributed by atoms with Gasteiger partial charge >= 0.3 is 0 Å². The van der Waals surface area contributed by atoms with Crippen LogP contribution in [-0.2, 0) is 11.3 Å². The Morgan fingerprint density at radius 3 is 2.29 bits per heavy atom. The highest BCUT2D eigenvalue weighted by atomic mass is 16.2. The fourth-order valence-corrected chi connectivity index (χ4v) is 7.04. The summed E-state index contributed by atoms with van der Waals surface area (Å²) in [4.78, 5) is 46.0. The van der Waals surface area contributed by atoms with Gasteiger partial charge in [0.05, 0.1) is 11.4 Å². The highest BCUT2D eigenvalue weighted by Gasteiger charge is 2.35. The van der Waals surface area contributed by atoms with E-state index in [1.165, 1.54) is 11.8 Å². The number of pyridine rings is 1. The maximum absolute atomic E-state index is 13.7. The second kappa shape index (κ2) is 12.5. The summed E-state index contributed by atoms with van der Waals surface area (Å²) >= 11 is 0. The Bertz CT molecular complexity index is 1780. The second-order valence-corrected chi connectivity index (χ2v) is 12.2. The first kappa shape index (κ1) is 28.6. The number of carbonyl (C=O) groups excluding carboxylic acids is 2. The summed E-state index contributed by atoms with van der Waals surface area (Å²) in [5.74, 6) is 0.249. The average molecular weight is 600 g/mol. The third-order valence-electron chi connectivity index (χ3n) is 9.24. The van der Waals surface area contributed by atoms with E-state index in [1.807, 2.05) is 82.3 Å². The number of nitrogens with zero attached hydrogens (tertiary/aromatic N) is 4. The Kier molecular flexibility index (Phi) is 7.94. The Morgan fingerprint density at radius 1 is 0.756 bits per heavy atom. The van der Waals surface area contributed by atoms with Crippen LogP contribution >= 0.6 is 0 Å². The molecule has 2 atom stereocenters. The Hall–Kier alpha value is -5.11. The molecule has 0 spiro atoms. The molecule has 1 aromatic heterocycles. The first-order valence-electron chi connectivity index (χ1n) is 15.7. The minimum Gasteiger partial charge on any atom is -0.369 e. The van der Waals surface area contributed by atoms with Crippen molar-refractivity contribution in [1.29, 1.82) is 0 Å². The number of aromatic nitrogens is 1. The zero-order valence-corrected chi connectivity index (χ0v) is 25.2. The third-order valence-corrected chi connectivity index (χ3v) is 9.24. The van der Waals surface area contributed by atoms with Crippen molar-refractivity contribution in [2.24, 2.45) is 5.92 Å². The van der Waals surface area contributed by atoms with E-state index in [2.05, 4.69) is 33.3 Å². The van der Waals surface area contributed by atoms with Crippen LogP contribution in [0.1, 0.15) is 34.0 Å². The van der Waals surface area contributed by atoms with Crippen LogP contribution < -0.4 is 20.7 Å². The van der Waals surface area contributed by atoms with Crippen molar-refractivity contribution in [3.8, 4) is 0 Å². The first-order chi connectivity index (χ1) is 22.0. The van der Waals surface area contributed by atoms with Gasteiger partial charge in [0, 0.05) is 80.8 Å². The standard InChI is InChI=1S/C37H37N5O3/c43-35(17-14-27-8-3-1-4-9-27)38-32-23-29(37(45)40-20-18-39(19-21-40)31-10-5-2-6-11-31)15-16-34(32)41-24-28-22-30(26-41)33-12-7-13-36(44)42(33)25-28/h1-17,23,28,30H,18-22,24-26H2,(H,38,43)/b17-14+/t28-,30+/m1/s1. The molecule has 2 bridgehead atoms. The van der Waals surface area contributed by atoms with E-state index in [1.54, 1.807) is 12.1 Å². The SMILES string of the molecule is O=C(/C=C/c1ccccc1)Nc1cc(C(=O)N2CCN(c3ccccc3)CC2)ccc1N1C[C@H]2C[C@@H](C1)c1cccc(=O)n1C2. The predicted molar refractivity (Wildman–Crippen MR) is 179 cm³/mol. The van der Waals surface area contributed by atoms with Crippen LogP contribution in [0.5, 0.6) is 0 Å². The lowest BCUT2D eigenvalue weighted by molar-refractivity contribution is -0.111. The molecule has 2 saturated heterocycles. The highest BCUT2D eigenvalue weighted by molar-refractivity contribution is 6.05. The van der Waals surface area contributed by atoms with E-state index in [-0.39, 0.29) is 23.3 Å². The number of piperidine rings is 1. The number of amides is 2. The highest BCUT2D eigenvalue weighted by Crippen LogP contribution is 2.39. The van der Waals surface area contributed by atoms with Gasteiger partial charge in [-0.15, -0.1) is 0 Å². The quantitative estimate of drug-likeness (QED) is 0.313. The van der Waals surface area contributed by atoms with Crippen molar-refractivity contribution >= 4 is 35.0 Å². The number of benzene rings is 3. The van der Waals surface area contributed by atoms with Crippen molar-refractivity contribution in [2.75, 3.05) is 54.4 Å². The molecule has 0 radical (unpaired) electrons. The molecule has 1 N–H and O–H groups in total. The number of fused-ring (bicyclic) bond motifs is 4. The Morgan fingerprint density at radius 2 is 1.51 bits per heavy atom. The van der Waals surface area contributed by atoms with Crippen molar-refractivity contribution in [1.82, 2.24) is 9.47 Å². The van der Waals surface area contributed by atoms with Crippen molar-refractivity contribution in [3.63, 3.8) is 0 Å². The molecule has 228 valence electrons. The number of carbonyl (C=O) groups is 2. The Labute approximate surface area is 263 Å². The van der Waals surface area contributed by atoms with Crippen molar-refractivity contribution < 1.29 is 9.59 Å². The molecular formula is C37H37N5O3. The van der Waals surface area contributed by atoms with Crippen molar-refractivity contribution in [3.05, 3.63) is 130 Å². The first-order valence-corrected chi connectivity index (χ1v) is 15.7. The Balaban J connectivity index is 1.14. The van der Waals surface area contributed by atoms with Crippen LogP contribution in [0.15, 0.2) is 108 Å². The molecule has 0 aliphatic carbocycles. The van der Waals surface area contributed by atoms with Gasteiger partial charge in [-0.25, -0.2) is 0 Å². The van der Waals surface area contributed by atoms with Crippen LogP contribution in [0.3, 0.4) is 0 Å². The van der Waals surface area contributed by atoms with Crippen LogP contribution in [0, 0.1) is 5.92 Å². The van der Waals surface area contributed by atoms with E-state index in [0.717, 1.165) is 49.5 Å². The molecule has 0 saturated carbocycles. The second-order valence-electron chi connectivity index (χ2n) is 12.2. The van der Waals surface area contributed by atoms with Gasteiger partial charge in [0.1, 0.15) is 0 Å². The topological polar surface area (TPSA) is 77.9 Å². The molecule has 7 rings (SSSR count). The molecule has 4 aromatic rings. The fourth-order valence-electron chi connectivity index (χ4n) is 7.04. The smallest absolute Gasteiger partial charge is 0.254 e. The number of para-hydroxylation sites is 1. The van der Waals surface area contributed by atoms with Crippen LogP contribution in [-0.4, -0.2) is 60.5 Å². The number of hydrogen-bond acceptors (Lipinski definition) is 5. The summed E-state index contributed by atoms with van der Waals surface area (Å²) in [6.07, 6.45) is 4.35. The van der Waals surface area contributed by atoms with Crippen LogP contribution in [0.2, 0.25) is 0 Å². The van der Waals surface area contributed by atoms with E-state index >= 15 is 0 Å². The summed E-state index contributed by atoms with van der Waals surface area (Å²) in [5.41, 5.74) is 5.30. The fraction of sp³-hybridized carbons (Fsp3) is 0.270. The zero-order valence-electron chi connectivity index (χ0n) is 25.2. The summed E-state index contributed by atoms with van der Waals surface area (Å²) in [6.45, 7) is 4.99. The van der Waals surface area contributed by atoms with Gasteiger partial charge in [-0.2, -0.15) is 0 Å². The largest absolute Gasteiger partial charge is 0.369 e. The molecule has 0 unspecified atom stereocenters. The number of piperazine rings is 1. The zero-order chi connectivity index (χ0) is 30.8. The average Bonchev–Trinajstić information content (AvgIpc) is 3.08. The summed E-state index contributed by atoms with van der Waals surface area (Å²) in [7, 11) is 0. The monoisotopic (exact) mass is 599 g/mol. The molecule has 8 nitrogen and oxygen atoms in total. The molecule has 3 aliphatic heterocycles. The molecule has 4 heterocycles. The van der Waals surface area contributed by atoms with E-state index in [4.69, 9.17) is 0 Å². The molecule has 8 heteroatoms. The van der Waals surface area contributed by atoms with Gasteiger partial charge in [-0.05, 0) is 60.4 Å². The van der Waals surface area contributed by atoms with Crippen molar-refractivity contribution in [2.45, 2.75) is 18.9 Å². The lowest BCUT2D eigenvalue weighted by Crippen LogP contribution is -2.49. The number of hydrogen-bond donors (Lipinski definition) is 1. The molecule has 45 heavy (non-hydrogen) atoms. The third kappa shape index (κ3) is 6.13. The van der Waals surface area contributed by atoms with Gasteiger partial charge in [0.15, 0.2) is 0 Å². The normalized spacial score (nSPS) is 19.3. The van der Waals surface area contributed by atoms with E-state index in [9.17, 15) is 14.4 Å². The van der Waals surface area contributed by atoms with Crippen LogP contribution in [0.25, 0.3) is 6.08 Å². The lowest BCUT2D eigenvalue weighted by Gasteiger charge is -2.44. The molecule has 2 amide bonds. The van der Waals surface area contributed by atoms with Crippen LogP contribution in [0.4, 0.5) is 17.1 Å². The maximum Gasteiger partial charge on any atom is 0.254 e. The molecule has 3 aliphatic rings. The predicted octanol–water partition coefficient (Wildman–Crippen LogP) is 5.09. The van der Waals surface area contributed by atoms with E-state index < -0.39 is 0 Å². The van der Waals surface area contributed by atoms with Gasteiger partial charge < -0.3 is 24.6 Å². The van der Waals surface area contributed by atoms with Gasteiger partial charge in [-0.3, -0.25) is 14.4 Å². The number of rotatable bonds is 6. The maximum atomic E-state index is 13.7. The minimum absolute atomic E-state index is 0.0339. The molecule has 2 fully saturated rings. The number of anilines is 3. The van der Waals surface area contributed by atoms with Gasteiger partial charge in [-0.1, -0.05) is 54.6 Å². The van der Waals surface area contributed by atoms with Gasteiger partial charge in [0.25, 0.3) is 11.5 Å². The minimum atomic E-state index is -0.254. The molecular weight excluding hydrogens is 562 g/mol. The summed E-state index contributed by atoms with van der Waals surface area (Å²) < 4.78 is 1.92. The van der Waals surface area contributed by atoms with Gasteiger partial charge in [0.2, 0.25) is 5.91 Å². The number of nitrogens with one attached hydrogen (secondary N) is 1. The van der Waals surface area contributed by atoms with E-state index in [0.29, 0.717) is 36.8 Å². The molecule has 3 aromatic carbocycles. The summed E-state index contributed by atoms with van der Waals surface area (Å²) in [5, 5.41) is 3.10. The summed E-state index contributed by atoms with van der Waals surface area (Å²) in [6, 6.07) is 31.2. The lowest BCUT2D eigenvalue weighted by atomic mass is 9.83.